The topological polar surface area (TPSA) is 45.7 Å². The third kappa shape index (κ3) is 5.86. The molecule has 4 rings (SSSR count). The van der Waals surface area contributed by atoms with Gasteiger partial charge >= 0.3 is 6.18 Å². The molecule has 0 atom stereocenters. The number of hydrogen-bond donors (Lipinski definition) is 0. The maximum absolute atomic E-state index is 12.8. The summed E-state index contributed by atoms with van der Waals surface area (Å²) in [5, 5.41) is 0. The van der Waals surface area contributed by atoms with Gasteiger partial charge in [0.15, 0.2) is 0 Å². The summed E-state index contributed by atoms with van der Waals surface area (Å²) >= 11 is 0. The van der Waals surface area contributed by atoms with Crippen LogP contribution in [-0.2, 0) is 22.1 Å². The third-order valence-electron chi connectivity index (χ3n) is 6.22. The van der Waals surface area contributed by atoms with Crippen molar-refractivity contribution in [1.29, 1.82) is 0 Å². The molecule has 0 saturated carbocycles. The summed E-state index contributed by atoms with van der Waals surface area (Å²) in [4.78, 5) is 21.5. The standard InChI is InChI=1S/C24H28F3N3O2/c25-24(26,27)20-6-4-18(5-7-20)16-21-2-1-3-22(28-21)19-8-10-30(11-9-19)23(31)17-29-12-14-32-15-13-29/h1-7,19H,8-17H2. The highest BCUT2D eigenvalue weighted by Gasteiger charge is 2.30. The van der Waals surface area contributed by atoms with Crippen LogP contribution in [0.1, 0.15) is 41.3 Å². The Kier molecular flexibility index (Phi) is 7.10. The second-order valence-electron chi connectivity index (χ2n) is 8.47. The fourth-order valence-electron chi connectivity index (χ4n) is 4.32. The van der Waals surface area contributed by atoms with E-state index in [2.05, 4.69) is 4.90 Å². The lowest BCUT2D eigenvalue weighted by atomic mass is 9.92. The first-order valence-corrected chi connectivity index (χ1v) is 11.1. The number of halogens is 3. The second-order valence-corrected chi connectivity index (χ2v) is 8.47. The quantitative estimate of drug-likeness (QED) is 0.701. The van der Waals surface area contributed by atoms with E-state index in [-0.39, 0.29) is 11.8 Å². The highest BCUT2D eigenvalue weighted by molar-refractivity contribution is 5.78. The monoisotopic (exact) mass is 447 g/mol. The Labute approximate surface area is 186 Å². The van der Waals surface area contributed by atoms with Crippen molar-refractivity contribution in [3.05, 3.63) is 65.0 Å². The summed E-state index contributed by atoms with van der Waals surface area (Å²) < 4.78 is 43.6. The van der Waals surface area contributed by atoms with Crippen LogP contribution in [0.3, 0.4) is 0 Å². The summed E-state index contributed by atoms with van der Waals surface area (Å²) in [7, 11) is 0. The molecule has 3 heterocycles. The number of likely N-dealkylation sites (tertiary alicyclic amines) is 1. The Hall–Kier alpha value is -2.45. The molecule has 2 aromatic rings. The molecule has 8 heteroatoms. The lowest BCUT2D eigenvalue weighted by molar-refractivity contribution is -0.137. The van der Waals surface area contributed by atoms with E-state index in [1.165, 1.54) is 12.1 Å². The normalized spacial score (nSPS) is 18.7. The van der Waals surface area contributed by atoms with Crippen molar-refractivity contribution in [2.45, 2.75) is 31.4 Å². The molecule has 0 bridgehead atoms. The predicted octanol–water partition coefficient (Wildman–Crippen LogP) is 3.73. The molecule has 32 heavy (non-hydrogen) atoms. The minimum absolute atomic E-state index is 0.175. The Morgan fingerprint density at radius 1 is 1.00 bits per heavy atom. The number of rotatable bonds is 5. The van der Waals surface area contributed by atoms with Crippen LogP contribution >= 0.6 is 0 Å². The number of carbonyl (C=O) groups excluding carboxylic acids is 1. The first kappa shape index (κ1) is 22.7. The number of hydrogen-bond acceptors (Lipinski definition) is 4. The summed E-state index contributed by atoms with van der Waals surface area (Å²) in [5.74, 6) is 0.462. The summed E-state index contributed by atoms with van der Waals surface area (Å²) in [6, 6.07) is 11.1. The van der Waals surface area contributed by atoms with Crippen molar-refractivity contribution in [2.75, 3.05) is 45.9 Å². The maximum Gasteiger partial charge on any atom is 0.416 e. The number of aromatic nitrogens is 1. The minimum Gasteiger partial charge on any atom is -0.379 e. The van der Waals surface area contributed by atoms with Gasteiger partial charge in [-0.25, -0.2) is 0 Å². The fraction of sp³-hybridized carbons (Fsp3) is 0.500. The average molecular weight is 448 g/mol. The highest BCUT2D eigenvalue weighted by atomic mass is 19.4. The van der Waals surface area contributed by atoms with E-state index >= 15 is 0 Å². The van der Waals surface area contributed by atoms with Gasteiger partial charge in [-0.2, -0.15) is 13.2 Å². The molecular formula is C24H28F3N3O2. The van der Waals surface area contributed by atoms with E-state index in [4.69, 9.17) is 9.72 Å². The zero-order valence-corrected chi connectivity index (χ0v) is 18.0. The van der Waals surface area contributed by atoms with Crippen LogP contribution in [0, 0.1) is 0 Å². The summed E-state index contributed by atoms with van der Waals surface area (Å²) in [6.45, 7) is 4.87. The fourth-order valence-corrected chi connectivity index (χ4v) is 4.32. The number of pyridine rings is 1. The van der Waals surface area contributed by atoms with Gasteiger partial charge in [-0.05, 0) is 42.7 Å². The molecule has 0 spiro atoms. The molecule has 172 valence electrons. The van der Waals surface area contributed by atoms with Gasteiger partial charge < -0.3 is 9.64 Å². The molecule has 5 nitrogen and oxygen atoms in total. The van der Waals surface area contributed by atoms with Crippen molar-refractivity contribution in [3.8, 4) is 0 Å². The SMILES string of the molecule is O=C(CN1CCOCC1)N1CCC(c2cccc(Cc3ccc(C(F)(F)F)cc3)n2)CC1. The molecule has 0 aliphatic carbocycles. The molecule has 0 unspecified atom stereocenters. The van der Waals surface area contributed by atoms with Gasteiger partial charge in [0.05, 0.1) is 25.3 Å². The summed E-state index contributed by atoms with van der Waals surface area (Å²) in [5.41, 5.74) is 1.99. The lowest BCUT2D eigenvalue weighted by Gasteiger charge is -2.34. The van der Waals surface area contributed by atoms with Crippen LogP contribution in [0.15, 0.2) is 42.5 Å². The van der Waals surface area contributed by atoms with E-state index in [0.717, 1.165) is 68.1 Å². The van der Waals surface area contributed by atoms with Gasteiger partial charge in [-0.3, -0.25) is 14.7 Å². The number of morpholine rings is 1. The first-order chi connectivity index (χ1) is 15.4. The van der Waals surface area contributed by atoms with Crippen molar-refractivity contribution >= 4 is 5.91 Å². The van der Waals surface area contributed by atoms with Gasteiger partial charge in [-0.1, -0.05) is 18.2 Å². The lowest BCUT2D eigenvalue weighted by Crippen LogP contribution is -2.46. The smallest absolute Gasteiger partial charge is 0.379 e. The molecular weight excluding hydrogens is 419 g/mol. The van der Waals surface area contributed by atoms with Crippen molar-refractivity contribution in [1.82, 2.24) is 14.8 Å². The van der Waals surface area contributed by atoms with Gasteiger partial charge in [0.25, 0.3) is 0 Å². The predicted molar refractivity (Wildman–Crippen MR) is 114 cm³/mol. The van der Waals surface area contributed by atoms with Crippen LogP contribution in [0.4, 0.5) is 13.2 Å². The van der Waals surface area contributed by atoms with E-state index in [1.54, 1.807) is 0 Å². The molecule has 1 aromatic carbocycles. The first-order valence-electron chi connectivity index (χ1n) is 11.1. The van der Waals surface area contributed by atoms with Crippen molar-refractivity contribution in [3.63, 3.8) is 0 Å². The largest absolute Gasteiger partial charge is 0.416 e. The molecule has 1 aromatic heterocycles. The Morgan fingerprint density at radius 3 is 2.34 bits per heavy atom. The molecule has 1 amide bonds. The van der Waals surface area contributed by atoms with E-state index in [9.17, 15) is 18.0 Å². The number of nitrogens with zero attached hydrogens (tertiary/aromatic N) is 3. The van der Waals surface area contributed by atoms with E-state index in [1.807, 2.05) is 23.1 Å². The van der Waals surface area contributed by atoms with Crippen LogP contribution < -0.4 is 0 Å². The molecule has 0 radical (unpaired) electrons. The van der Waals surface area contributed by atoms with Crippen LogP contribution in [-0.4, -0.2) is 66.6 Å². The molecule has 2 saturated heterocycles. The van der Waals surface area contributed by atoms with Gasteiger partial charge in [0, 0.05) is 49.9 Å². The average Bonchev–Trinajstić information content (AvgIpc) is 2.80. The second kappa shape index (κ2) is 10.0. The summed E-state index contributed by atoms with van der Waals surface area (Å²) in [6.07, 6.45) is -2.10. The minimum atomic E-state index is -4.32. The number of piperidine rings is 1. The van der Waals surface area contributed by atoms with Gasteiger partial charge in [0.2, 0.25) is 5.91 Å². The molecule has 2 aliphatic rings. The van der Waals surface area contributed by atoms with Crippen molar-refractivity contribution < 1.29 is 22.7 Å². The van der Waals surface area contributed by atoms with E-state index in [0.29, 0.717) is 26.2 Å². The van der Waals surface area contributed by atoms with Gasteiger partial charge in [0.1, 0.15) is 0 Å². The number of ether oxygens (including phenoxy) is 1. The molecule has 0 N–H and O–H groups in total. The van der Waals surface area contributed by atoms with Crippen LogP contribution in [0.2, 0.25) is 0 Å². The van der Waals surface area contributed by atoms with Gasteiger partial charge in [-0.15, -0.1) is 0 Å². The maximum atomic E-state index is 12.8. The molecule has 2 aliphatic heterocycles. The number of amides is 1. The Morgan fingerprint density at radius 2 is 1.69 bits per heavy atom. The zero-order chi connectivity index (χ0) is 22.6. The highest BCUT2D eigenvalue weighted by Crippen LogP contribution is 2.30. The number of alkyl halides is 3. The Bertz CT molecular complexity index is 903. The van der Waals surface area contributed by atoms with E-state index < -0.39 is 11.7 Å². The molecule has 2 fully saturated rings. The number of carbonyl (C=O) groups is 1. The third-order valence-corrected chi connectivity index (χ3v) is 6.22. The van der Waals surface area contributed by atoms with Crippen molar-refractivity contribution in [2.24, 2.45) is 0 Å². The van der Waals surface area contributed by atoms with Crippen LogP contribution in [0.5, 0.6) is 0 Å². The Balaban J connectivity index is 1.31. The van der Waals surface area contributed by atoms with Crippen LogP contribution in [0.25, 0.3) is 0 Å². The zero-order valence-electron chi connectivity index (χ0n) is 18.0. The number of benzene rings is 1.